The fourth-order valence-corrected chi connectivity index (χ4v) is 1.53. The van der Waals surface area contributed by atoms with Crippen LogP contribution in [-0.4, -0.2) is 11.1 Å². The first-order valence-corrected chi connectivity index (χ1v) is 5.02. The molecule has 0 atom stereocenters. The van der Waals surface area contributed by atoms with Crippen LogP contribution in [-0.2, 0) is 11.8 Å². The van der Waals surface area contributed by atoms with Gasteiger partial charge in [0, 0.05) is 5.69 Å². The highest BCUT2D eigenvalue weighted by molar-refractivity contribution is 5.87. The smallest absolute Gasteiger partial charge is 0.386 e. The Bertz CT molecular complexity index is 464. The van der Waals surface area contributed by atoms with Gasteiger partial charge < -0.3 is 16.2 Å². The third-order valence-electron chi connectivity index (χ3n) is 2.25. The lowest BCUT2D eigenvalue weighted by Crippen LogP contribution is -2.24. The van der Waals surface area contributed by atoms with Crippen LogP contribution in [0, 0.1) is 0 Å². The largest absolute Gasteiger partial charge is 0.416 e. The normalized spacial score (nSPS) is 12.3. The molecule has 4 N–H and O–H groups in total. The van der Waals surface area contributed by atoms with Gasteiger partial charge in [0.25, 0.3) is 0 Å². The second-order valence-corrected chi connectivity index (χ2v) is 4.31. The molecule has 0 saturated carbocycles. The summed E-state index contributed by atoms with van der Waals surface area (Å²) in [6.07, 6.45) is -4.63. The molecule has 0 aliphatic carbocycles. The van der Waals surface area contributed by atoms with Crippen LogP contribution in [0.1, 0.15) is 25.0 Å². The lowest BCUT2D eigenvalue weighted by molar-refractivity contribution is -0.140. The molecule has 0 saturated heterocycles. The van der Waals surface area contributed by atoms with E-state index in [-0.39, 0.29) is 11.3 Å². The molecule has 0 aliphatic heterocycles. The molecule has 1 aromatic carbocycles. The minimum Gasteiger partial charge on any atom is -0.386 e. The molecular formula is C11H13F3N2O2. The molecular weight excluding hydrogens is 249 g/mol. The average molecular weight is 262 g/mol. The zero-order valence-electron chi connectivity index (χ0n) is 9.80. The summed E-state index contributed by atoms with van der Waals surface area (Å²) < 4.78 is 38.5. The first kappa shape index (κ1) is 14.3. The van der Waals surface area contributed by atoms with Crippen molar-refractivity contribution in [1.82, 2.24) is 0 Å². The van der Waals surface area contributed by atoms with Crippen LogP contribution in [0.15, 0.2) is 18.2 Å². The zero-order valence-corrected chi connectivity index (χ0v) is 9.80. The second kappa shape index (κ2) is 4.49. The summed E-state index contributed by atoms with van der Waals surface area (Å²) in [5.41, 5.74) is 1.82. The fraction of sp³-hybridized carbons (Fsp3) is 0.364. The molecule has 0 unspecified atom stereocenters. The highest BCUT2D eigenvalue weighted by Gasteiger charge is 2.37. The van der Waals surface area contributed by atoms with Gasteiger partial charge in [-0.3, -0.25) is 0 Å². The molecule has 1 rings (SSSR count). The maximum Gasteiger partial charge on any atom is 0.416 e. The highest BCUT2D eigenvalue weighted by Crippen LogP contribution is 2.38. The van der Waals surface area contributed by atoms with Gasteiger partial charge in [-0.25, -0.2) is 4.79 Å². The van der Waals surface area contributed by atoms with Crippen molar-refractivity contribution in [3.63, 3.8) is 0 Å². The third kappa shape index (κ3) is 3.36. The van der Waals surface area contributed by atoms with Crippen LogP contribution in [0.3, 0.4) is 0 Å². The van der Waals surface area contributed by atoms with Crippen LogP contribution in [0.25, 0.3) is 0 Å². The summed E-state index contributed by atoms with van der Waals surface area (Å²) in [7, 11) is 0. The maximum atomic E-state index is 12.8. The first-order valence-electron chi connectivity index (χ1n) is 5.02. The number of aliphatic hydroxyl groups is 1. The van der Waals surface area contributed by atoms with Crippen molar-refractivity contribution in [2.45, 2.75) is 25.6 Å². The van der Waals surface area contributed by atoms with E-state index >= 15 is 0 Å². The summed E-state index contributed by atoms with van der Waals surface area (Å²) in [5.74, 6) is 0. The van der Waals surface area contributed by atoms with E-state index in [1.807, 2.05) is 0 Å². The number of benzene rings is 1. The van der Waals surface area contributed by atoms with Crippen LogP contribution in [0.5, 0.6) is 0 Å². The number of alkyl halides is 3. The van der Waals surface area contributed by atoms with Gasteiger partial charge >= 0.3 is 12.2 Å². The number of hydrogen-bond acceptors (Lipinski definition) is 2. The van der Waals surface area contributed by atoms with Gasteiger partial charge in [0.1, 0.15) is 0 Å². The van der Waals surface area contributed by atoms with Crippen molar-refractivity contribution in [2.75, 3.05) is 5.32 Å². The summed E-state index contributed by atoms with van der Waals surface area (Å²) in [6.45, 7) is 2.50. The third-order valence-corrected chi connectivity index (χ3v) is 2.25. The number of rotatable bonds is 2. The van der Waals surface area contributed by atoms with E-state index in [1.54, 1.807) is 0 Å². The minimum absolute atomic E-state index is 0.0807. The summed E-state index contributed by atoms with van der Waals surface area (Å²) in [6, 6.07) is 2.12. The van der Waals surface area contributed by atoms with Crippen molar-refractivity contribution in [3.05, 3.63) is 29.3 Å². The molecule has 0 fully saturated rings. The molecule has 2 amide bonds. The average Bonchev–Trinajstić information content (AvgIpc) is 2.13. The predicted molar refractivity (Wildman–Crippen MR) is 59.9 cm³/mol. The number of anilines is 1. The van der Waals surface area contributed by atoms with Crippen molar-refractivity contribution in [2.24, 2.45) is 5.73 Å². The van der Waals surface area contributed by atoms with E-state index in [0.717, 1.165) is 12.1 Å². The Kier molecular flexibility index (Phi) is 3.57. The van der Waals surface area contributed by atoms with E-state index < -0.39 is 23.4 Å². The molecule has 0 bridgehead atoms. The highest BCUT2D eigenvalue weighted by atomic mass is 19.4. The van der Waals surface area contributed by atoms with Gasteiger partial charge in [-0.15, -0.1) is 0 Å². The van der Waals surface area contributed by atoms with Crippen LogP contribution in [0.2, 0.25) is 0 Å². The molecule has 0 aromatic heterocycles. The van der Waals surface area contributed by atoms with Gasteiger partial charge in [0.2, 0.25) is 0 Å². The van der Waals surface area contributed by atoms with E-state index in [0.29, 0.717) is 0 Å². The zero-order chi connectivity index (χ0) is 14.1. The number of nitrogens with one attached hydrogen (secondary N) is 1. The molecule has 18 heavy (non-hydrogen) atoms. The first-order chi connectivity index (χ1) is 8.01. The number of urea groups is 1. The lowest BCUT2D eigenvalue weighted by Gasteiger charge is -2.23. The van der Waals surface area contributed by atoms with Gasteiger partial charge in [0.05, 0.1) is 11.2 Å². The maximum absolute atomic E-state index is 12.8. The van der Waals surface area contributed by atoms with Gasteiger partial charge in [-0.2, -0.15) is 13.2 Å². The standard InChI is InChI=1S/C11H13F3N2O2/c1-10(2,18)7-4-3-6(16-9(15)17)5-8(7)11(12,13)14/h3-5,18H,1-2H3,(H3,15,16,17). The SMILES string of the molecule is CC(C)(O)c1ccc(NC(N)=O)cc1C(F)(F)F. The predicted octanol–water partition coefficient (Wildman–Crippen LogP) is 2.42. The number of primary amides is 1. The van der Waals surface area contributed by atoms with Gasteiger partial charge in [-0.1, -0.05) is 6.07 Å². The Morgan fingerprint density at radius 1 is 1.28 bits per heavy atom. The number of nitrogens with two attached hydrogens (primary N) is 1. The molecule has 0 radical (unpaired) electrons. The summed E-state index contributed by atoms with van der Waals surface area (Å²) in [4.78, 5) is 10.6. The van der Waals surface area contributed by atoms with Crippen LogP contribution >= 0.6 is 0 Å². The van der Waals surface area contributed by atoms with E-state index in [9.17, 15) is 23.1 Å². The number of carbonyl (C=O) groups is 1. The van der Waals surface area contributed by atoms with Crippen molar-refractivity contribution >= 4 is 11.7 Å². The quantitative estimate of drug-likeness (QED) is 0.765. The fourth-order valence-electron chi connectivity index (χ4n) is 1.53. The Hall–Kier alpha value is -1.76. The molecule has 7 heteroatoms. The molecule has 0 heterocycles. The Labute approximate surface area is 102 Å². The minimum atomic E-state index is -4.63. The van der Waals surface area contributed by atoms with Gasteiger partial charge in [0.15, 0.2) is 0 Å². The summed E-state index contributed by atoms with van der Waals surface area (Å²) >= 11 is 0. The molecule has 100 valence electrons. The Morgan fingerprint density at radius 2 is 1.83 bits per heavy atom. The number of hydrogen-bond donors (Lipinski definition) is 3. The molecule has 0 spiro atoms. The van der Waals surface area contributed by atoms with Crippen molar-refractivity contribution < 1.29 is 23.1 Å². The van der Waals surface area contributed by atoms with Crippen LogP contribution < -0.4 is 11.1 Å². The van der Waals surface area contributed by atoms with Crippen molar-refractivity contribution in [1.29, 1.82) is 0 Å². The lowest BCUT2D eigenvalue weighted by atomic mass is 9.92. The Balaban J connectivity index is 3.35. The van der Waals surface area contributed by atoms with E-state index in [4.69, 9.17) is 5.73 Å². The van der Waals surface area contributed by atoms with Gasteiger partial charge in [-0.05, 0) is 31.5 Å². The second-order valence-electron chi connectivity index (χ2n) is 4.31. The van der Waals surface area contributed by atoms with E-state index in [1.165, 1.54) is 19.9 Å². The van der Waals surface area contributed by atoms with Crippen molar-refractivity contribution in [3.8, 4) is 0 Å². The molecule has 0 aliphatic rings. The topological polar surface area (TPSA) is 75.3 Å². The summed E-state index contributed by atoms with van der Waals surface area (Å²) in [5, 5.41) is 11.7. The Morgan fingerprint density at radius 3 is 2.22 bits per heavy atom. The number of amides is 2. The van der Waals surface area contributed by atoms with E-state index in [2.05, 4.69) is 5.32 Å². The van der Waals surface area contributed by atoms with Crippen LogP contribution in [0.4, 0.5) is 23.7 Å². The number of halogens is 3. The number of carbonyl (C=O) groups excluding carboxylic acids is 1. The monoisotopic (exact) mass is 262 g/mol. The molecule has 4 nitrogen and oxygen atoms in total. The molecule has 1 aromatic rings.